The van der Waals surface area contributed by atoms with Gasteiger partial charge in [-0.3, -0.25) is 9.91 Å². The number of rotatable bonds is 3. The fourth-order valence-electron chi connectivity index (χ4n) is 1.23. The zero-order valence-corrected chi connectivity index (χ0v) is 6.57. The summed E-state index contributed by atoms with van der Waals surface area (Å²) in [4.78, 5) is 12.3. The summed E-state index contributed by atoms with van der Waals surface area (Å²) in [7, 11) is 0. The van der Waals surface area contributed by atoms with Crippen molar-refractivity contribution in [2.24, 2.45) is 11.0 Å². The number of hydrogen-bond acceptors (Lipinski definition) is 4. The van der Waals surface area contributed by atoms with E-state index >= 15 is 0 Å². The SMILES string of the molecule is NCCN1CCN(N=O)CC1. The molecule has 0 spiro atoms. The molecule has 0 radical (unpaired) electrons. The fraction of sp³-hybridized carbons (Fsp3) is 1.00. The molecular formula is C6H14N4O. The molecule has 0 unspecified atom stereocenters. The third-order valence-corrected chi connectivity index (χ3v) is 1.91. The average molecular weight is 158 g/mol. The lowest BCUT2D eigenvalue weighted by molar-refractivity contribution is 0.137. The molecule has 64 valence electrons. The summed E-state index contributed by atoms with van der Waals surface area (Å²) in [5.74, 6) is 0. The van der Waals surface area contributed by atoms with Crippen molar-refractivity contribution in [3.05, 3.63) is 4.91 Å². The van der Waals surface area contributed by atoms with Crippen molar-refractivity contribution in [1.29, 1.82) is 0 Å². The second-order valence-electron chi connectivity index (χ2n) is 2.67. The minimum atomic E-state index is 0.689. The van der Waals surface area contributed by atoms with Crippen LogP contribution in [0.3, 0.4) is 0 Å². The number of hydrogen-bond donors (Lipinski definition) is 1. The van der Waals surface area contributed by atoms with Crippen LogP contribution in [0.2, 0.25) is 0 Å². The summed E-state index contributed by atoms with van der Waals surface area (Å²) in [5.41, 5.74) is 5.39. The van der Waals surface area contributed by atoms with Crippen molar-refractivity contribution in [2.75, 3.05) is 39.3 Å². The largest absolute Gasteiger partial charge is 0.329 e. The van der Waals surface area contributed by atoms with E-state index in [1.54, 1.807) is 5.01 Å². The highest BCUT2D eigenvalue weighted by molar-refractivity contribution is 4.68. The van der Waals surface area contributed by atoms with Gasteiger partial charge in [0.1, 0.15) is 0 Å². The molecule has 5 nitrogen and oxygen atoms in total. The molecule has 0 saturated carbocycles. The lowest BCUT2D eigenvalue weighted by atomic mass is 10.3. The Bertz CT molecular complexity index is 122. The molecule has 0 aliphatic carbocycles. The van der Waals surface area contributed by atoms with Crippen LogP contribution in [0.15, 0.2) is 5.29 Å². The van der Waals surface area contributed by atoms with Crippen LogP contribution in [-0.4, -0.2) is 49.2 Å². The molecule has 1 rings (SSSR count). The van der Waals surface area contributed by atoms with E-state index in [-0.39, 0.29) is 0 Å². The predicted octanol–water partition coefficient (Wildman–Crippen LogP) is -0.756. The summed E-state index contributed by atoms with van der Waals surface area (Å²) in [6.45, 7) is 4.90. The summed E-state index contributed by atoms with van der Waals surface area (Å²) in [5, 5.41) is 4.42. The lowest BCUT2D eigenvalue weighted by Crippen LogP contribution is -2.45. The van der Waals surface area contributed by atoms with Crippen LogP contribution in [0, 0.1) is 4.91 Å². The highest BCUT2D eigenvalue weighted by Gasteiger charge is 2.14. The van der Waals surface area contributed by atoms with Gasteiger partial charge in [0.15, 0.2) is 0 Å². The van der Waals surface area contributed by atoms with E-state index < -0.39 is 0 Å². The van der Waals surface area contributed by atoms with E-state index in [1.165, 1.54) is 0 Å². The van der Waals surface area contributed by atoms with Crippen molar-refractivity contribution in [2.45, 2.75) is 0 Å². The first-order chi connectivity index (χ1) is 5.36. The normalized spacial score (nSPS) is 20.3. The Morgan fingerprint density at radius 3 is 2.36 bits per heavy atom. The van der Waals surface area contributed by atoms with E-state index in [2.05, 4.69) is 10.2 Å². The zero-order valence-electron chi connectivity index (χ0n) is 6.57. The molecule has 1 aliphatic heterocycles. The van der Waals surface area contributed by atoms with Crippen LogP contribution in [0.25, 0.3) is 0 Å². The minimum Gasteiger partial charge on any atom is -0.329 e. The number of nitrogens with zero attached hydrogens (tertiary/aromatic N) is 3. The number of piperazine rings is 1. The average Bonchev–Trinajstić information content (AvgIpc) is 2.07. The summed E-state index contributed by atoms with van der Waals surface area (Å²) in [6, 6.07) is 0. The van der Waals surface area contributed by atoms with Crippen molar-refractivity contribution in [3.63, 3.8) is 0 Å². The first-order valence-electron chi connectivity index (χ1n) is 3.87. The first-order valence-corrected chi connectivity index (χ1v) is 3.87. The molecule has 0 aromatic heterocycles. The number of nitroso groups, excluding NO2 is 1. The van der Waals surface area contributed by atoms with Gasteiger partial charge in [-0.25, -0.2) is 0 Å². The first kappa shape index (κ1) is 8.42. The van der Waals surface area contributed by atoms with Gasteiger partial charge < -0.3 is 5.73 Å². The van der Waals surface area contributed by atoms with Crippen molar-refractivity contribution in [3.8, 4) is 0 Å². The van der Waals surface area contributed by atoms with Gasteiger partial charge in [-0.15, -0.1) is 4.91 Å². The van der Waals surface area contributed by atoms with Gasteiger partial charge in [0.05, 0.1) is 18.4 Å². The maximum Gasteiger partial charge on any atom is 0.0524 e. The zero-order chi connectivity index (χ0) is 8.10. The third kappa shape index (κ3) is 2.44. The maximum atomic E-state index is 10.1. The molecule has 1 aliphatic rings. The predicted molar refractivity (Wildman–Crippen MR) is 42.9 cm³/mol. The molecule has 2 N–H and O–H groups in total. The molecule has 0 bridgehead atoms. The van der Waals surface area contributed by atoms with Crippen molar-refractivity contribution < 1.29 is 0 Å². The van der Waals surface area contributed by atoms with Crippen LogP contribution < -0.4 is 5.73 Å². The Morgan fingerprint density at radius 1 is 1.27 bits per heavy atom. The highest BCUT2D eigenvalue weighted by atomic mass is 16.3. The third-order valence-electron chi connectivity index (χ3n) is 1.91. The quantitative estimate of drug-likeness (QED) is 0.549. The minimum absolute atomic E-state index is 0.689. The van der Waals surface area contributed by atoms with E-state index in [0.29, 0.717) is 6.54 Å². The monoisotopic (exact) mass is 158 g/mol. The molecule has 11 heavy (non-hydrogen) atoms. The smallest absolute Gasteiger partial charge is 0.0524 e. The molecule has 1 heterocycles. The Morgan fingerprint density at radius 2 is 1.91 bits per heavy atom. The van der Waals surface area contributed by atoms with Gasteiger partial charge in [0.2, 0.25) is 0 Å². The molecule has 1 fully saturated rings. The molecule has 0 aromatic carbocycles. The maximum absolute atomic E-state index is 10.1. The summed E-state index contributed by atoms with van der Waals surface area (Å²) >= 11 is 0. The summed E-state index contributed by atoms with van der Waals surface area (Å²) in [6.07, 6.45) is 0. The second-order valence-corrected chi connectivity index (χ2v) is 2.67. The van der Waals surface area contributed by atoms with Crippen LogP contribution in [0.4, 0.5) is 0 Å². The van der Waals surface area contributed by atoms with Gasteiger partial charge in [0, 0.05) is 26.2 Å². The summed E-state index contributed by atoms with van der Waals surface area (Å²) < 4.78 is 0. The van der Waals surface area contributed by atoms with Crippen molar-refractivity contribution >= 4 is 0 Å². The Kier molecular flexibility index (Phi) is 3.25. The lowest BCUT2D eigenvalue weighted by Gasteiger charge is -2.30. The van der Waals surface area contributed by atoms with Crippen LogP contribution in [0.1, 0.15) is 0 Å². The van der Waals surface area contributed by atoms with E-state index in [1.807, 2.05) is 0 Å². The van der Waals surface area contributed by atoms with E-state index in [0.717, 1.165) is 32.7 Å². The van der Waals surface area contributed by atoms with Crippen LogP contribution in [0.5, 0.6) is 0 Å². The van der Waals surface area contributed by atoms with Gasteiger partial charge in [-0.2, -0.15) is 0 Å². The Balaban J connectivity index is 2.18. The standard InChI is InChI=1S/C6H14N4O/c7-1-2-9-3-5-10(8-11)6-4-9/h1-7H2. The molecule has 0 atom stereocenters. The van der Waals surface area contributed by atoms with Crippen LogP contribution in [-0.2, 0) is 0 Å². The van der Waals surface area contributed by atoms with E-state index in [4.69, 9.17) is 5.73 Å². The fourth-order valence-corrected chi connectivity index (χ4v) is 1.23. The van der Waals surface area contributed by atoms with E-state index in [9.17, 15) is 4.91 Å². The molecule has 0 aromatic rings. The molecule has 5 heteroatoms. The molecule has 1 saturated heterocycles. The number of nitrogens with two attached hydrogens (primary N) is 1. The Hall–Kier alpha value is -0.680. The topological polar surface area (TPSA) is 61.9 Å². The second kappa shape index (κ2) is 4.25. The van der Waals surface area contributed by atoms with Gasteiger partial charge in [0.25, 0.3) is 0 Å². The Labute approximate surface area is 66.1 Å². The van der Waals surface area contributed by atoms with Crippen molar-refractivity contribution in [1.82, 2.24) is 9.91 Å². The highest BCUT2D eigenvalue weighted by Crippen LogP contribution is 1.99. The van der Waals surface area contributed by atoms with Gasteiger partial charge >= 0.3 is 0 Å². The molecule has 0 amide bonds. The van der Waals surface area contributed by atoms with Gasteiger partial charge in [-0.1, -0.05) is 0 Å². The van der Waals surface area contributed by atoms with Gasteiger partial charge in [-0.05, 0) is 0 Å². The van der Waals surface area contributed by atoms with Crippen LogP contribution >= 0.6 is 0 Å². The molecular weight excluding hydrogens is 144 g/mol.